The van der Waals surface area contributed by atoms with Crippen LogP contribution in [-0.4, -0.2) is 22.3 Å². The Bertz CT molecular complexity index is 848. The number of hydrogen-bond acceptors (Lipinski definition) is 4. The quantitative estimate of drug-likeness (QED) is 0.821. The van der Waals surface area contributed by atoms with E-state index in [0.717, 1.165) is 35.9 Å². The summed E-state index contributed by atoms with van der Waals surface area (Å²) in [6.45, 7) is 4.78. The third-order valence-corrected chi connectivity index (χ3v) is 6.62. The molecule has 4 rings (SSSR count). The van der Waals surface area contributed by atoms with E-state index in [1.54, 1.807) is 15.9 Å². The van der Waals surface area contributed by atoms with Crippen molar-refractivity contribution in [1.82, 2.24) is 9.55 Å². The average Bonchev–Trinajstić information content (AvgIpc) is 3.05. The van der Waals surface area contributed by atoms with Crippen molar-refractivity contribution in [2.24, 2.45) is 0 Å². The molecule has 21 heavy (non-hydrogen) atoms. The Morgan fingerprint density at radius 1 is 1.48 bits per heavy atom. The smallest absolute Gasteiger partial charge is 0.263 e. The van der Waals surface area contributed by atoms with Gasteiger partial charge in [-0.15, -0.1) is 11.3 Å². The fourth-order valence-electron chi connectivity index (χ4n) is 3.66. The second-order valence-corrected chi connectivity index (χ2v) is 7.74. The first-order valence-electron chi connectivity index (χ1n) is 7.44. The molecule has 0 amide bonds. The van der Waals surface area contributed by atoms with E-state index in [0.29, 0.717) is 11.4 Å². The number of hydrogen-bond donors (Lipinski definition) is 1. The molecule has 1 aliphatic heterocycles. The summed E-state index contributed by atoms with van der Waals surface area (Å²) in [6.07, 6.45) is 4.07. The summed E-state index contributed by atoms with van der Waals surface area (Å²) in [5, 5.41) is 0.862. The van der Waals surface area contributed by atoms with Crippen LogP contribution in [-0.2, 0) is 23.1 Å². The van der Waals surface area contributed by atoms with Crippen LogP contribution < -0.4 is 5.56 Å². The molecule has 0 spiro atoms. The fraction of sp³-hybridized carbons (Fsp3) is 0.600. The highest BCUT2D eigenvalue weighted by Crippen LogP contribution is 2.37. The summed E-state index contributed by atoms with van der Waals surface area (Å²) < 4.78 is 7.99. The van der Waals surface area contributed by atoms with Gasteiger partial charge in [-0.05, 0) is 57.3 Å². The standard InChI is InChI=1S/C15H18N2O2S2/c1-8-15(2,6-7-19-8)17-13(18)11-9-4-3-5-10(9)21-12(11)16-14(17)20/h8H,3-7H2,1-2H3,(H,16,20). The number of aryl methyl sites for hydroxylation is 2. The third-order valence-electron chi connectivity index (χ3n) is 5.12. The van der Waals surface area contributed by atoms with Crippen molar-refractivity contribution < 1.29 is 4.74 Å². The van der Waals surface area contributed by atoms with Crippen molar-refractivity contribution in [2.75, 3.05) is 6.61 Å². The highest BCUT2D eigenvalue weighted by molar-refractivity contribution is 7.71. The van der Waals surface area contributed by atoms with Gasteiger partial charge < -0.3 is 9.72 Å². The fourth-order valence-corrected chi connectivity index (χ4v) is 5.40. The first kappa shape index (κ1) is 13.7. The van der Waals surface area contributed by atoms with Gasteiger partial charge >= 0.3 is 0 Å². The van der Waals surface area contributed by atoms with Crippen LogP contribution >= 0.6 is 23.6 Å². The van der Waals surface area contributed by atoms with Gasteiger partial charge in [-0.3, -0.25) is 9.36 Å². The predicted octanol–water partition coefficient (Wildman–Crippen LogP) is 3.13. The van der Waals surface area contributed by atoms with Gasteiger partial charge in [0.25, 0.3) is 5.56 Å². The van der Waals surface area contributed by atoms with Crippen LogP contribution in [0.15, 0.2) is 4.79 Å². The molecular weight excluding hydrogens is 304 g/mol. The lowest BCUT2D eigenvalue weighted by Gasteiger charge is -2.30. The molecule has 2 atom stereocenters. The summed E-state index contributed by atoms with van der Waals surface area (Å²) in [6, 6.07) is 0. The summed E-state index contributed by atoms with van der Waals surface area (Å²) in [5.74, 6) is 0. The van der Waals surface area contributed by atoms with Gasteiger partial charge in [-0.25, -0.2) is 0 Å². The predicted molar refractivity (Wildman–Crippen MR) is 87.0 cm³/mol. The molecule has 0 bridgehead atoms. The maximum Gasteiger partial charge on any atom is 0.263 e. The minimum absolute atomic E-state index is 0.00515. The molecule has 1 aliphatic carbocycles. The maximum absolute atomic E-state index is 13.1. The van der Waals surface area contributed by atoms with Gasteiger partial charge in [-0.2, -0.15) is 0 Å². The van der Waals surface area contributed by atoms with Crippen molar-refractivity contribution in [3.8, 4) is 0 Å². The number of H-pyrrole nitrogens is 1. The van der Waals surface area contributed by atoms with Crippen molar-refractivity contribution in [1.29, 1.82) is 0 Å². The second-order valence-electron chi connectivity index (χ2n) is 6.25. The molecule has 0 aromatic carbocycles. The molecule has 4 nitrogen and oxygen atoms in total. The van der Waals surface area contributed by atoms with Gasteiger partial charge in [-0.1, -0.05) is 0 Å². The van der Waals surface area contributed by atoms with Crippen LogP contribution in [0.3, 0.4) is 0 Å². The van der Waals surface area contributed by atoms with Crippen LogP contribution in [0.1, 0.15) is 37.1 Å². The number of nitrogens with zero attached hydrogens (tertiary/aromatic N) is 1. The summed E-state index contributed by atoms with van der Waals surface area (Å²) in [4.78, 5) is 18.7. The van der Waals surface area contributed by atoms with E-state index in [2.05, 4.69) is 11.9 Å². The lowest BCUT2D eigenvalue weighted by atomic mass is 9.94. The van der Waals surface area contributed by atoms with E-state index in [4.69, 9.17) is 17.0 Å². The molecule has 1 N–H and O–H groups in total. The number of ether oxygens (including phenoxy) is 1. The highest BCUT2D eigenvalue weighted by atomic mass is 32.1. The first-order valence-corrected chi connectivity index (χ1v) is 8.66. The Morgan fingerprint density at radius 2 is 2.29 bits per heavy atom. The molecule has 2 unspecified atom stereocenters. The van der Waals surface area contributed by atoms with E-state index in [-0.39, 0.29) is 17.2 Å². The van der Waals surface area contributed by atoms with Crippen LogP contribution in [0.5, 0.6) is 0 Å². The number of rotatable bonds is 1. The van der Waals surface area contributed by atoms with Crippen LogP contribution in [0.25, 0.3) is 10.2 Å². The molecule has 1 saturated heterocycles. The Balaban J connectivity index is 2.07. The second kappa shape index (κ2) is 4.51. The zero-order valence-corrected chi connectivity index (χ0v) is 13.8. The molecule has 3 heterocycles. The molecule has 0 radical (unpaired) electrons. The maximum atomic E-state index is 13.1. The lowest BCUT2D eigenvalue weighted by Crippen LogP contribution is -2.44. The monoisotopic (exact) mass is 322 g/mol. The molecule has 2 aliphatic rings. The molecule has 6 heteroatoms. The zero-order valence-electron chi connectivity index (χ0n) is 12.2. The molecular formula is C15H18N2O2S2. The lowest BCUT2D eigenvalue weighted by molar-refractivity contribution is 0.0737. The van der Waals surface area contributed by atoms with Gasteiger partial charge in [0.15, 0.2) is 4.77 Å². The topological polar surface area (TPSA) is 47.0 Å². The molecule has 2 aromatic rings. The SMILES string of the molecule is CC1OCCC1(C)n1c(=S)[nH]c2sc3c(c2c1=O)CCC3. The van der Waals surface area contributed by atoms with E-state index in [1.807, 2.05) is 6.92 Å². The van der Waals surface area contributed by atoms with Gasteiger partial charge in [0.2, 0.25) is 0 Å². The van der Waals surface area contributed by atoms with E-state index >= 15 is 0 Å². The van der Waals surface area contributed by atoms with Crippen LogP contribution in [0.4, 0.5) is 0 Å². The number of thiophene rings is 1. The minimum atomic E-state index is -0.355. The highest BCUT2D eigenvalue weighted by Gasteiger charge is 2.41. The largest absolute Gasteiger partial charge is 0.376 e. The summed E-state index contributed by atoms with van der Waals surface area (Å²) in [5.41, 5.74) is 0.954. The third kappa shape index (κ3) is 1.76. The van der Waals surface area contributed by atoms with Crippen molar-refractivity contribution >= 4 is 33.8 Å². The number of aromatic nitrogens is 2. The Labute approximate surface area is 131 Å². The number of aromatic amines is 1. The Kier molecular flexibility index (Phi) is 2.93. The Hall–Kier alpha value is -0.980. The van der Waals surface area contributed by atoms with Crippen molar-refractivity contribution in [3.63, 3.8) is 0 Å². The van der Waals surface area contributed by atoms with Crippen molar-refractivity contribution in [2.45, 2.75) is 51.2 Å². The first-order chi connectivity index (χ1) is 10.0. The average molecular weight is 322 g/mol. The Morgan fingerprint density at radius 3 is 3.00 bits per heavy atom. The van der Waals surface area contributed by atoms with Crippen LogP contribution in [0.2, 0.25) is 0 Å². The minimum Gasteiger partial charge on any atom is -0.376 e. The van der Waals surface area contributed by atoms with Gasteiger partial charge in [0.1, 0.15) is 4.83 Å². The number of nitrogens with one attached hydrogen (secondary N) is 1. The normalized spacial score (nSPS) is 28.4. The summed E-state index contributed by atoms with van der Waals surface area (Å²) in [7, 11) is 0. The van der Waals surface area contributed by atoms with E-state index in [9.17, 15) is 4.79 Å². The molecule has 1 fully saturated rings. The van der Waals surface area contributed by atoms with E-state index in [1.165, 1.54) is 10.4 Å². The van der Waals surface area contributed by atoms with Gasteiger partial charge in [0, 0.05) is 11.5 Å². The van der Waals surface area contributed by atoms with Crippen molar-refractivity contribution in [3.05, 3.63) is 25.6 Å². The molecule has 112 valence electrons. The van der Waals surface area contributed by atoms with Gasteiger partial charge in [0.05, 0.1) is 17.0 Å². The van der Waals surface area contributed by atoms with E-state index < -0.39 is 0 Å². The molecule has 2 aromatic heterocycles. The zero-order chi connectivity index (χ0) is 14.8. The number of fused-ring (bicyclic) bond motifs is 3. The summed E-state index contributed by atoms with van der Waals surface area (Å²) >= 11 is 7.19. The molecule has 0 saturated carbocycles. The van der Waals surface area contributed by atoms with Crippen LogP contribution in [0, 0.1) is 4.77 Å².